The summed E-state index contributed by atoms with van der Waals surface area (Å²) in [6.07, 6.45) is 7.10. The highest BCUT2D eigenvalue weighted by molar-refractivity contribution is 5.21. The molecule has 0 aliphatic heterocycles. The highest BCUT2D eigenvalue weighted by atomic mass is 16.3. The number of aliphatic hydroxyl groups excluding tert-OH is 1. The molecule has 0 amide bonds. The Morgan fingerprint density at radius 3 is 3.00 bits per heavy atom. The van der Waals surface area contributed by atoms with E-state index >= 15 is 0 Å². The number of aromatic nitrogens is 1. The van der Waals surface area contributed by atoms with Crippen molar-refractivity contribution in [1.82, 2.24) is 4.98 Å². The first-order valence-electron chi connectivity index (χ1n) is 5.93. The number of hydrogen-bond acceptors (Lipinski definition) is 2. The van der Waals surface area contributed by atoms with Crippen LogP contribution < -0.4 is 0 Å². The molecule has 0 saturated heterocycles. The molecule has 1 saturated carbocycles. The molecule has 2 rings (SSSR count). The molecule has 2 nitrogen and oxygen atoms in total. The molecule has 1 fully saturated rings. The lowest BCUT2D eigenvalue weighted by molar-refractivity contribution is 0.156. The average Bonchev–Trinajstić information content (AvgIpc) is 3.09. The van der Waals surface area contributed by atoms with Gasteiger partial charge < -0.3 is 5.11 Å². The lowest BCUT2D eigenvalue weighted by Crippen LogP contribution is -2.04. The molecule has 82 valence electrons. The molecule has 1 aliphatic rings. The van der Waals surface area contributed by atoms with Crippen molar-refractivity contribution in [2.75, 3.05) is 0 Å². The van der Waals surface area contributed by atoms with E-state index < -0.39 is 0 Å². The van der Waals surface area contributed by atoms with Crippen molar-refractivity contribution in [3.05, 3.63) is 29.6 Å². The first-order valence-corrected chi connectivity index (χ1v) is 5.93. The van der Waals surface area contributed by atoms with Gasteiger partial charge in [-0.1, -0.05) is 25.8 Å². The number of aryl methyl sites for hydroxylation is 1. The third-order valence-electron chi connectivity index (χ3n) is 3.17. The van der Waals surface area contributed by atoms with Gasteiger partial charge >= 0.3 is 0 Å². The first kappa shape index (κ1) is 10.6. The Kier molecular flexibility index (Phi) is 3.37. The Bertz CT molecular complexity index is 320. The normalized spacial score (nSPS) is 17.7. The maximum Gasteiger partial charge on any atom is 0.0962 e. The van der Waals surface area contributed by atoms with Gasteiger partial charge in [0.25, 0.3) is 0 Å². The van der Waals surface area contributed by atoms with E-state index in [0.717, 1.165) is 30.9 Å². The molecular formula is C13H19NO. The van der Waals surface area contributed by atoms with Crippen LogP contribution in [0, 0.1) is 5.92 Å². The number of aliphatic hydroxyl groups is 1. The molecule has 1 aliphatic carbocycles. The number of pyridine rings is 1. The fraction of sp³-hybridized carbons (Fsp3) is 0.615. The molecule has 15 heavy (non-hydrogen) atoms. The van der Waals surface area contributed by atoms with Crippen LogP contribution in [0.5, 0.6) is 0 Å². The zero-order valence-electron chi connectivity index (χ0n) is 9.32. The molecule has 0 spiro atoms. The third kappa shape index (κ3) is 2.78. The van der Waals surface area contributed by atoms with E-state index in [1.807, 2.05) is 6.07 Å². The second kappa shape index (κ2) is 4.75. The Morgan fingerprint density at radius 1 is 1.53 bits per heavy atom. The van der Waals surface area contributed by atoms with Gasteiger partial charge in [-0.05, 0) is 36.8 Å². The predicted octanol–water partition coefficient (Wildman–Crippen LogP) is 2.87. The summed E-state index contributed by atoms with van der Waals surface area (Å²) in [6.45, 7) is 2.11. The SMILES string of the molecule is CCc1cccnc1C(O)CCC1CC1. The molecule has 1 N–H and O–H groups in total. The number of nitrogens with zero attached hydrogens (tertiary/aromatic N) is 1. The monoisotopic (exact) mass is 205 g/mol. The van der Waals surface area contributed by atoms with Gasteiger partial charge in [0.05, 0.1) is 11.8 Å². The van der Waals surface area contributed by atoms with Crippen molar-refractivity contribution in [3.8, 4) is 0 Å². The van der Waals surface area contributed by atoms with Crippen LogP contribution in [-0.4, -0.2) is 10.1 Å². The summed E-state index contributed by atoms with van der Waals surface area (Å²) in [5, 5.41) is 10.0. The zero-order valence-corrected chi connectivity index (χ0v) is 9.32. The topological polar surface area (TPSA) is 33.1 Å². The van der Waals surface area contributed by atoms with Crippen LogP contribution in [0.25, 0.3) is 0 Å². The molecule has 0 aromatic carbocycles. The van der Waals surface area contributed by atoms with Crippen LogP contribution in [0.1, 0.15) is 50.0 Å². The quantitative estimate of drug-likeness (QED) is 0.801. The van der Waals surface area contributed by atoms with Gasteiger partial charge in [-0.15, -0.1) is 0 Å². The summed E-state index contributed by atoms with van der Waals surface area (Å²) < 4.78 is 0. The highest BCUT2D eigenvalue weighted by Crippen LogP contribution is 2.35. The van der Waals surface area contributed by atoms with Gasteiger partial charge in [0.1, 0.15) is 0 Å². The Morgan fingerprint density at radius 2 is 2.33 bits per heavy atom. The standard InChI is InChI=1S/C13H19NO/c1-2-11-4-3-9-14-13(11)12(15)8-7-10-5-6-10/h3-4,9-10,12,15H,2,5-8H2,1H3. The van der Waals surface area contributed by atoms with Crippen molar-refractivity contribution in [3.63, 3.8) is 0 Å². The van der Waals surface area contributed by atoms with Crippen LogP contribution in [0.2, 0.25) is 0 Å². The number of hydrogen-bond donors (Lipinski definition) is 1. The maximum atomic E-state index is 10.0. The smallest absolute Gasteiger partial charge is 0.0962 e. The van der Waals surface area contributed by atoms with E-state index in [9.17, 15) is 5.11 Å². The Labute approximate surface area is 91.4 Å². The second-order valence-electron chi connectivity index (χ2n) is 4.44. The van der Waals surface area contributed by atoms with Crippen LogP contribution in [0.3, 0.4) is 0 Å². The lowest BCUT2D eigenvalue weighted by atomic mass is 10.0. The molecular weight excluding hydrogens is 186 g/mol. The summed E-state index contributed by atoms with van der Waals surface area (Å²) >= 11 is 0. The van der Waals surface area contributed by atoms with E-state index in [4.69, 9.17) is 0 Å². The fourth-order valence-corrected chi connectivity index (χ4v) is 1.99. The van der Waals surface area contributed by atoms with Crippen LogP contribution >= 0.6 is 0 Å². The molecule has 2 heteroatoms. The van der Waals surface area contributed by atoms with Crippen molar-refractivity contribution < 1.29 is 5.11 Å². The van der Waals surface area contributed by atoms with E-state index in [1.165, 1.54) is 18.4 Å². The number of rotatable bonds is 5. The molecule has 0 bridgehead atoms. The van der Waals surface area contributed by atoms with Crippen molar-refractivity contribution in [2.45, 2.75) is 45.1 Å². The summed E-state index contributed by atoms with van der Waals surface area (Å²) in [6, 6.07) is 4.00. The summed E-state index contributed by atoms with van der Waals surface area (Å²) in [4.78, 5) is 4.30. The minimum atomic E-state index is -0.359. The second-order valence-corrected chi connectivity index (χ2v) is 4.44. The molecule has 0 radical (unpaired) electrons. The molecule has 1 unspecified atom stereocenters. The first-order chi connectivity index (χ1) is 7.31. The van der Waals surface area contributed by atoms with E-state index in [1.54, 1.807) is 6.20 Å². The van der Waals surface area contributed by atoms with Gasteiger partial charge in [0, 0.05) is 6.20 Å². The fourth-order valence-electron chi connectivity index (χ4n) is 1.99. The lowest BCUT2D eigenvalue weighted by Gasteiger charge is -2.13. The average molecular weight is 205 g/mol. The van der Waals surface area contributed by atoms with E-state index in [-0.39, 0.29) is 6.10 Å². The van der Waals surface area contributed by atoms with Crippen molar-refractivity contribution in [1.29, 1.82) is 0 Å². The van der Waals surface area contributed by atoms with E-state index in [0.29, 0.717) is 0 Å². The van der Waals surface area contributed by atoms with Gasteiger partial charge in [0.2, 0.25) is 0 Å². The van der Waals surface area contributed by atoms with E-state index in [2.05, 4.69) is 18.0 Å². The van der Waals surface area contributed by atoms with Crippen LogP contribution in [0.15, 0.2) is 18.3 Å². The van der Waals surface area contributed by atoms with Crippen LogP contribution in [0.4, 0.5) is 0 Å². The maximum absolute atomic E-state index is 10.0. The molecule has 1 aromatic heterocycles. The summed E-state index contributed by atoms with van der Waals surface area (Å²) in [7, 11) is 0. The summed E-state index contributed by atoms with van der Waals surface area (Å²) in [5.41, 5.74) is 2.07. The largest absolute Gasteiger partial charge is 0.387 e. The minimum absolute atomic E-state index is 0.359. The zero-order chi connectivity index (χ0) is 10.7. The van der Waals surface area contributed by atoms with Gasteiger partial charge in [-0.2, -0.15) is 0 Å². The highest BCUT2D eigenvalue weighted by Gasteiger charge is 2.23. The van der Waals surface area contributed by atoms with Gasteiger partial charge in [0.15, 0.2) is 0 Å². The molecule has 1 heterocycles. The van der Waals surface area contributed by atoms with Crippen molar-refractivity contribution in [2.24, 2.45) is 5.92 Å². The van der Waals surface area contributed by atoms with Crippen LogP contribution in [-0.2, 0) is 6.42 Å². The Hall–Kier alpha value is -0.890. The Balaban J connectivity index is 1.98. The minimum Gasteiger partial charge on any atom is -0.387 e. The molecule has 1 atom stereocenters. The summed E-state index contributed by atoms with van der Waals surface area (Å²) in [5.74, 6) is 0.883. The van der Waals surface area contributed by atoms with Gasteiger partial charge in [-0.25, -0.2) is 0 Å². The third-order valence-corrected chi connectivity index (χ3v) is 3.17. The van der Waals surface area contributed by atoms with Crippen molar-refractivity contribution >= 4 is 0 Å². The molecule has 1 aromatic rings. The predicted molar refractivity (Wildman–Crippen MR) is 60.5 cm³/mol. The van der Waals surface area contributed by atoms with Gasteiger partial charge in [-0.3, -0.25) is 4.98 Å².